The zero-order chi connectivity index (χ0) is 21.2. The number of rotatable bonds is 7. The molecule has 3 rings (SSSR count). The number of nitrogens with zero attached hydrogens (tertiary/aromatic N) is 2. The minimum Gasteiger partial charge on any atom is -0.299 e. The number of aryl methyl sites for hydroxylation is 1. The second-order valence-corrected chi connectivity index (χ2v) is 7.95. The molecule has 29 heavy (non-hydrogen) atoms. The fraction of sp³-hybridized carbons (Fsp3) is 0.480. The first-order valence-corrected chi connectivity index (χ1v) is 10.4. The molecule has 0 saturated heterocycles. The Kier molecular flexibility index (Phi) is 9.28. The molecule has 1 saturated carbocycles. The van der Waals surface area contributed by atoms with Gasteiger partial charge in [0, 0.05) is 19.5 Å². The monoisotopic (exact) mass is 398 g/mol. The summed E-state index contributed by atoms with van der Waals surface area (Å²) in [5.41, 5.74) is 3.70. The lowest BCUT2D eigenvalue weighted by Crippen LogP contribution is -2.28. The Hall–Kier alpha value is -2.25. The first-order chi connectivity index (χ1) is 13.9. The van der Waals surface area contributed by atoms with E-state index in [-0.39, 0.29) is 5.92 Å². The third-order valence-electron chi connectivity index (χ3n) is 5.74. The summed E-state index contributed by atoms with van der Waals surface area (Å²) in [7, 11) is 2.17. The summed E-state index contributed by atoms with van der Waals surface area (Å²) < 4.78 is 26.8. The predicted octanol–water partition coefficient (Wildman–Crippen LogP) is 6.22. The van der Waals surface area contributed by atoms with Gasteiger partial charge in [0.2, 0.25) is 0 Å². The van der Waals surface area contributed by atoms with E-state index in [9.17, 15) is 8.78 Å². The summed E-state index contributed by atoms with van der Waals surface area (Å²) in [6, 6.07) is 21.1. The molecule has 1 aliphatic rings. The van der Waals surface area contributed by atoms with Gasteiger partial charge in [-0.3, -0.25) is 4.90 Å². The van der Waals surface area contributed by atoms with E-state index >= 15 is 0 Å². The molecule has 4 heteroatoms. The second-order valence-electron chi connectivity index (χ2n) is 7.95. The quantitative estimate of drug-likeness (QED) is 0.553. The summed E-state index contributed by atoms with van der Waals surface area (Å²) in [4.78, 5) is 2.38. The fourth-order valence-electron chi connectivity index (χ4n) is 3.79. The predicted molar refractivity (Wildman–Crippen MR) is 115 cm³/mol. The smallest absolute Gasteiger partial charge is 0.132 e. The van der Waals surface area contributed by atoms with E-state index in [0.717, 1.165) is 24.9 Å². The van der Waals surface area contributed by atoms with Crippen LogP contribution >= 0.6 is 0 Å². The van der Waals surface area contributed by atoms with Crippen LogP contribution in [0.15, 0.2) is 54.6 Å². The number of hydrogen-bond acceptors (Lipinski definition) is 2. The maximum Gasteiger partial charge on any atom is 0.132 e. The molecule has 0 spiro atoms. The van der Waals surface area contributed by atoms with Gasteiger partial charge in [0.25, 0.3) is 0 Å². The Labute approximate surface area is 174 Å². The Morgan fingerprint density at radius 2 is 1.55 bits per heavy atom. The van der Waals surface area contributed by atoms with Gasteiger partial charge < -0.3 is 0 Å². The van der Waals surface area contributed by atoms with Gasteiger partial charge in [-0.05, 0) is 62.3 Å². The van der Waals surface area contributed by atoms with Crippen molar-refractivity contribution in [1.82, 2.24) is 4.90 Å². The van der Waals surface area contributed by atoms with Gasteiger partial charge in [0.05, 0.1) is 6.07 Å². The molecule has 0 bridgehead atoms. The summed E-state index contributed by atoms with van der Waals surface area (Å²) in [5, 5.41) is 7.32. The number of benzene rings is 2. The third kappa shape index (κ3) is 7.25. The van der Waals surface area contributed by atoms with Crippen molar-refractivity contribution in [1.29, 1.82) is 5.26 Å². The van der Waals surface area contributed by atoms with Crippen LogP contribution in [0.2, 0.25) is 0 Å². The first kappa shape index (κ1) is 23.0. The lowest BCUT2D eigenvalue weighted by atomic mass is 9.95. The number of halogens is 2. The average molecular weight is 399 g/mol. The molecule has 3 atom stereocenters. The van der Waals surface area contributed by atoms with Gasteiger partial charge in [-0.2, -0.15) is 5.26 Å². The molecule has 2 nitrogen and oxygen atoms in total. The van der Waals surface area contributed by atoms with Gasteiger partial charge in [-0.15, -0.1) is 0 Å². The third-order valence-corrected chi connectivity index (χ3v) is 5.74. The molecular formula is C25H32F2N2. The van der Waals surface area contributed by atoms with Crippen LogP contribution in [0, 0.1) is 11.3 Å². The molecule has 0 N–H and O–H groups in total. The molecule has 2 aromatic rings. The van der Waals surface area contributed by atoms with Crippen molar-refractivity contribution in [2.75, 3.05) is 7.05 Å². The van der Waals surface area contributed by atoms with Gasteiger partial charge in [-0.1, -0.05) is 54.6 Å². The zero-order valence-electron chi connectivity index (χ0n) is 17.7. The van der Waals surface area contributed by atoms with E-state index in [0.29, 0.717) is 18.9 Å². The Morgan fingerprint density at radius 1 is 1.00 bits per heavy atom. The summed E-state index contributed by atoms with van der Waals surface area (Å²) in [6.45, 7) is 4.65. The topological polar surface area (TPSA) is 27.0 Å². The lowest BCUT2D eigenvalue weighted by molar-refractivity contribution is 0.199. The highest BCUT2D eigenvalue weighted by molar-refractivity contribution is 5.27. The molecular weight excluding hydrogens is 366 g/mol. The van der Waals surface area contributed by atoms with Crippen LogP contribution in [-0.4, -0.2) is 30.3 Å². The minimum atomic E-state index is -1.29. The second kappa shape index (κ2) is 11.7. The SMILES string of the molecule is CC#N.CC(CCc1ccc(C2CC(F)C(F)C2)cc1)N(C)Cc1ccccc1. The maximum atomic E-state index is 13.4. The van der Waals surface area contributed by atoms with Gasteiger partial charge in [-0.25, -0.2) is 8.78 Å². The summed E-state index contributed by atoms with van der Waals surface area (Å²) in [6.07, 6.45) is 0.166. The van der Waals surface area contributed by atoms with Crippen LogP contribution in [-0.2, 0) is 13.0 Å². The summed E-state index contributed by atoms with van der Waals surface area (Å²) >= 11 is 0. The van der Waals surface area contributed by atoms with Crippen LogP contribution in [0.3, 0.4) is 0 Å². The van der Waals surface area contributed by atoms with Crippen LogP contribution in [0.1, 0.15) is 55.7 Å². The van der Waals surface area contributed by atoms with Gasteiger partial charge in [0.15, 0.2) is 0 Å². The highest BCUT2D eigenvalue weighted by atomic mass is 19.2. The Bertz CT molecular complexity index is 745. The largest absolute Gasteiger partial charge is 0.299 e. The van der Waals surface area contributed by atoms with Crippen LogP contribution in [0.5, 0.6) is 0 Å². The number of alkyl halides is 2. The van der Waals surface area contributed by atoms with Gasteiger partial charge in [0.1, 0.15) is 12.3 Å². The van der Waals surface area contributed by atoms with E-state index in [1.807, 2.05) is 6.07 Å². The normalized spacial score (nSPS) is 21.9. The van der Waals surface area contributed by atoms with Gasteiger partial charge >= 0.3 is 0 Å². The van der Waals surface area contributed by atoms with Crippen molar-refractivity contribution >= 4 is 0 Å². The molecule has 0 aromatic heterocycles. The fourth-order valence-corrected chi connectivity index (χ4v) is 3.79. The minimum absolute atomic E-state index is 0.0324. The van der Waals surface area contributed by atoms with E-state index in [2.05, 4.69) is 67.4 Å². The van der Waals surface area contributed by atoms with Crippen molar-refractivity contribution in [3.8, 4) is 6.07 Å². The van der Waals surface area contributed by atoms with Crippen molar-refractivity contribution in [2.24, 2.45) is 0 Å². The number of nitriles is 1. The molecule has 3 unspecified atom stereocenters. The maximum absolute atomic E-state index is 13.4. The Balaban J connectivity index is 0.000000941. The standard InChI is InChI=1S/C23H29F2N.C2H3N/c1-17(26(2)16-19-6-4-3-5-7-19)8-9-18-10-12-20(13-11-18)21-14-22(24)23(25)15-21;1-2-3/h3-7,10-13,17,21-23H,8-9,14-16H2,1-2H3;1H3. The molecule has 0 radical (unpaired) electrons. The molecule has 156 valence electrons. The van der Waals surface area contributed by atoms with E-state index in [1.54, 1.807) is 6.07 Å². The van der Waals surface area contributed by atoms with E-state index < -0.39 is 12.3 Å². The first-order valence-electron chi connectivity index (χ1n) is 10.4. The van der Waals surface area contributed by atoms with Crippen molar-refractivity contribution < 1.29 is 8.78 Å². The van der Waals surface area contributed by atoms with Crippen LogP contribution in [0.25, 0.3) is 0 Å². The highest BCUT2D eigenvalue weighted by Gasteiger charge is 2.35. The molecule has 2 aromatic carbocycles. The van der Waals surface area contributed by atoms with Crippen molar-refractivity contribution in [3.05, 3.63) is 71.3 Å². The number of hydrogen-bond donors (Lipinski definition) is 0. The molecule has 1 aliphatic carbocycles. The van der Waals surface area contributed by atoms with Crippen LogP contribution in [0.4, 0.5) is 8.78 Å². The zero-order valence-corrected chi connectivity index (χ0v) is 17.7. The molecule has 0 amide bonds. The Morgan fingerprint density at radius 3 is 2.10 bits per heavy atom. The lowest BCUT2D eigenvalue weighted by Gasteiger charge is -2.25. The van der Waals surface area contributed by atoms with Crippen molar-refractivity contribution in [3.63, 3.8) is 0 Å². The van der Waals surface area contributed by atoms with Crippen molar-refractivity contribution in [2.45, 2.75) is 70.4 Å². The average Bonchev–Trinajstić information content (AvgIpc) is 3.06. The summed E-state index contributed by atoms with van der Waals surface area (Å²) in [5.74, 6) is 0.0324. The molecule has 0 aliphatic heterocycles. The van der Waals surface area contributed by atoms with E-state index in [1.165, 1.54) is 18.1 Å². The highest BCUT2D eigenvalue weighted by Crippen LogP contribution is 2.38. The van der Waals surface area contributed by atoms with Crippen LogP contribution < -0.4 is 0 Å². The molecule has 1 fully saturated rings. The van der Waals surface area contributed by atoms with E-state index in [4.69, 9.17) is 5.26 Å². The molecule has 0 heterocycles.